The maximum Gasteiger partial charge on any atom is 0.410 e. The highest BCUT2D eigenvalue weighted by Gasteiger charge is 2.24. The molecular weight excluding hydrogens is 450 g/mol. The molecule has 8 nitrogen and oxygen atoms in total. The molecule has 32 heavy (non-hydrogen) atoms. The molecule has 2 aromatic rings. The average Bonchev–Trinajstić information content (AvgIpc) is 3.15. The van der Waals surface area contributed by atoms with Gasteiger partial charge in [0.2, 0.25) is 10.0 Å². The molecule has 1 heterocycles. The Morgan fingerprint density at radius 1 is 1.19 bits per heavy atom. The van der Waals surface area contributed by atoms with Gasteiger partial charge in [0.05, 0.1) is 6.54 Å². The highest BCUT2D eigenvalue weighted by Crippen LogP contribution is 2.17. The van der Waals surface area contributed by atoms with Crippen LogP contribution in [0.15, 0.2) is 35.7 Å². The van der Waals surface area contributed by atoms with E-state index >= 15 is 0 Å². The summed E-state index contributed by atoms with van der Waals surface area (Å²) in [6.45, 7) is 7.91. The van der Waals surface area contributed by atoms with Gasteiger partial charge in [0.25, 0.3) is 0 Å². The molecule has 0 bridgehead atoms. The van der Waals surface area contributed by atoms with E-state index in [9.17, 15) is 18.0 Å². The van der Waals surface area contributed by atoms with E-state index in [-0.39, 0.29) is 18.8 Å². The van der Waals surface area contributed by atoms with Gasteiger partial charge in [-0.25, -0.2) is 22.9 Å². The lowest BCUT2D eigenvalue weighted by molar-refractivity contribution is 0.0231. The molecule has 0 aliphatic heterocycles. The summed E-state index contributed by atoms with van der Waals surface area (Å²) in [4.78, 5) is 30.9. The van der Waals surface area contributed by atoms with Gasteiger partial charge in [-0.2, -0.15) is 0 Å². The van der Waals surface area contributed by atoms with Crippen molar-refractivity contribution in [1.82, 2.24) is 14.6 Å². The molecule has 1 amide bonds. The first-order chi connectivity index (χ1) is 15.0. The van der Waals surface area contributed by atoms with Gasteiger partial charge in [-0.05, 0) is 39.2 Å². The second-order valence-electron chi connectivity index (χ2n) is 8.30. The smallest absolute Gasteiger partial charge is 0.410 e. The topological polar surface area (TPSA) is 106 Å². The number of nitrogens with zero attached hydrogens (tertiary/aromatic N) is 2. The van der Waals surface area contributed by atoms with Crippen LogP contribution in [-0.2, 0) is 27.7 Å². The van der Waals surface area contributed by atoms with Crippen molar-refractivity contribution < 1.29 is 22.7 Å². The molecule has 0 unspecified atom stereocenters. The third kappa shape index (κ3) is 9.05. The number of ketones is 1. The lowest BCUT2D eigenvalue weighted by atomic mass is 10.1. The summed E-state index contributed by atoms with van der Waals surface area (Å²) in [6, 6.07) is 9.99. The number of ether oxygens (including phenoxy) is 1. The highest BCUT2D eigenvalue weighted by atomic mass is 32.2. The molecule has 1 aromatic carbocycles. The molecule has 2 rings (SSSR count). The predicted molar refractivity (Wildman–Crippen MR) is 125 cm³/mol. The Labute approximate surface area is 194 Å². The van der Waals surface area contributed by atoms with Crippen molar-refractivity contribution in [2.24, 2.45) is 0 Å². The number of carbonyl (C=O) groups excluding carboxylic acids is 2. The number of carbonyl (C=O) groups is 2. The molecule has 0 aliphatic rings. The average molecular weight is 482 g/mol. The number of aryl methyl sites for hydroxylation is 1. The van der Waals surface area contributed by atoms with Gasteiger partial charge in [0.15, 0.2) is 5.78 Å². The number of rotatable bonds is 11. The van der Waals surface area contributed by atoms with Crippen LogP contribution in [0.5, 0.6) is 0 Å². The molecular formula is C22H31N3O5S2. The standard InChI is InChI=1S/C22H31N3O5S2/c1-5-23-32(28,29)16-19(26)18-15-31-20(24-18)14-25(21(27)30-22(2,3)4)13-9-12-17-10-7-6-8-11-17/h6-8,10-11,15,23H,5,9,12-14,16H2,1-4H3. The largest absolute Gasteiger partial charge is 0.444 e. The third-order valence-corrected chi connectivity index (χ3v) is 6.44. The maximum absolute atomic E-state index is 12.7. The van der Waals surface area contributed by atoms with Gasteiger partial charge >= 0.3 is 6.09 Å². The van der Waals surface area contributed by atoms with Crippen molar-refractivity contribution in [3.05, 3.63) is 52.0 Å². The number of nitrogens with one attached hydrogen (secondary N) is 1. The lowest BCUT2D eigenvalue weighted by Crippen LogP contribution is -2.37. The van der Waals surface area contributed by atoms with Crippen LogP contribution in [0.2, 0.25) is 0 Å². The SMILES string of the molecule is CCNS(=O)(=O)CC(=O)c1csc(CN(CCCc2ccccc2)C(=O)OC(C)(C)C)n1. The minimum Gasteiger partial charge on any atom is -0.444 e. The van der Waals surface area contributed by atoms with Crippen molar-refractivity contribution in [3.63, 3.8) is 0 Å². The summed E-state index contributed by atoms with van der Waals surface area (Å²) in [6.07, 6.45) is 1.09. The van der Waals surface area contributed by atoms with Crippen molar-refractivity contribution in [1.29, 1.82) is 0 Å². The van der Waals surface area contributed by atoms with Crippen LogP contribution in [0.1, 0.15) is 55.2 Å². The zero-order valence-electron chi connectivity index (χ0n) is 19.0. The zero-order valence-corrected chi connectivity index (χ0v) is 20.6. The first-order valence-corrected chi connectivity index (χ1v) is 13.0. The molecule has 0 atom stereocenters. The number of Topliss-reactive ketones (excluding diaryl/α,β-unsaturated/α-hetero) is 1. The van der Waals surface area contributed by atoms with Crippen LogP contribution < -0.4 is 4.72 Å². The van der Waals surface area contributed by atoms with E-state index < -0.39 is 33.3 Å². The normalized spacial score (nSPS) is 11.9. The summed E-state index contributed by atoms with van der Waals surface area (Å²) in [7, 11) is -3.68. The fourth-order valence-corrected chi connectivity index (χ4v) is 4.72. The fraction of sp³-hybridized carbons (Fsp3) is 0.500. The minimum atomic E-state index is -3.68. The van der Waals surface area contributed by atoms with Crippen LogP contribution in [0.4, 0.5) is 4.79 Å². The van der Waals surface area contributed by atoms with Crippen LogP contribution in [-0.4, -0.2) is 54.6 Å². The summed E-state index contributed by atoms with van der Waals surface area (Å²) in [5.41, 5.74) is 0.625. The number of amides is 1. The van der Waals surface area contributed by atoms with Gasteiger partial charge < -0.3 is 9.64 Å². The predicted octanol–water partition coefficient (Wildman–Crippen LogP) is 3.64. The van der Waals surface area contributed by atoms with Crippen LogP contribution in [0.25, 0.3) is 0 Å². The minimum absolute atomic E-state index is 0.0832. The number of hydrogen-bond acceptors (Lipinski definition) is 7. The van der Waals surface area contributed by atoms with Crippen LogP contribution in [0.3, 0.4) is 0 Å². The van der Waals surface area contributed by atoms with Gasteiger partial charge in [0, 0.05) is 18.5 Å². The molecule has 0 saturated carbocycles. The molecule has 176 valence electrons. The van der Waals surface area contributed by atoms with Crippen molar-refractivity contribution in [2.75, 3.05) is 18.8 Å². The fourth-order valence-electron chi connectivity index (χ4n) is 2.87. The molecule has 0 radical (unpaired) electrons. The van der Waals surface area contributed by atoms with Crippen LogP contribution >= 0.6 is 11.3 Å². The molecule has 0 spiro atoms. The monoisotopic (exact) mass is 481 g/mol. The van der Waals surface area contributed by atoms with E-state index in [0.29, 0.717) is 11.6 Å². The van der Waals surface area contributed by atoms with E-state index in [0.717, 1.165) is 12.8 Å². The van der Waals surface area contributed by atoms with Crippen molar-refractivity contribution in [3.8, 4) is 0 Å². The Hall–Kier alpha value is -2.30. The quantitative estimate of drug-likeness (QED) is 0.491. The lowest BCUT2D eigenvalue weighted by Gasteiger charge is -2.27. The summed E-state index contributed by atoms with van der Waals surface area (Å²) in [5.74, 6) is -1.24. The first kappa shape index (κ1) is 26.0. The number of sulfonamides is 1. The van der Waals surface area contributed by atoms with Gasteiger partial charge in [-0.15, -0.1) is 11.3 Å². The van der Waals surface area contributed by atoms with Crippen LogP contribution in [0, 0.1) is 0 Å². The van der Waals surface area contributed by atoms with Crippen molar-refractivity contribution in [2.45, 2.75) is 52.7 Å². The third-order valence-electron chi connectivity index (χ3n) is 4.24. The summed E-state index contributed by atoms with van der Waals surface area (Å²) >= 11 is 1.21. The second kappa shape index (κ2) is 11.5. The van der Waals surface area contributed by atoms with Crippen molar-refractivity contribution >= 4 is 33.2 Å². The molecule has 0 saturated heterocycles. The van der Waals surface area contributed by atoms with Gasteiger partial charge in [-0.3, -0.25) is 4.79 Å². The Bertz CT molecular complexity index is 998. The Kier molecular flexibility index (Phi) is 9.35. The number of hydrogen-bond donors (Lipinski definition) is 1. The number of aromatic nitrogens is 1. The first-order valence-electron chi connectivity index (χ1n) is 10.5. The summed E-state index contributed by atoms with van der Waals surface area (Å²) in [5, 5.41) is 2.07. The van der Waals surface area contributed by atoms with Gasteiger partial charge in [0.1, 0.15) is 22.1 Å². The summed E-state index contributed by atoms with van der Waals surface area (Å²) < 4.78 is 31.5. The second-order valence-corrected chi connectivity index (χ2v) is 11.0. The molecule has 0 fully saturated rings. The van der Waals surface area contributed by atoms with E-state index in [4.69, 9.17) is 4.74 Å². The van der Waals surface area contributed by atoms with E-state index in [1.54, 1.807) is 32.6 Å². The zero-order chi connectivity index (χ0) is 23.8. The Balaban J connectivity index is 2.06. The molecule has 0 aliphatic carbocycles. The van der Waals surface area contributed by atoms with E-state index in [1.807, 2.05) is 30.3 Å². The Morgan fingerprint density at radius 3 is 2.50 bits per heavy atom. The molecule has 1 N–H and O–H groups in total. The number of benzene rings is 1. The highest BCUT2D eigenvalue weighted by molar-refractivity contribution is 7.90. The number of thiazole rings is 1. The maximum atomic E-state index is 12.7. The molecule has 1 aromatic heterocycles. The van der Waals surface area contributed by atoms with Gasteiger partial charge in [-0.1, -0.05) is 37.3 Å². The van der Waals surface area contributed by atoms with E-state index in [1.165, 1.54) is 22.3 Å². The van der Waals surface area contributed by atoms with E-state index in [2.05, 4.69) is 9.71 Å². The molecule has 10 heteroatoms. The Morgan fingerprint density at radius 2 is 1.88 bits per heavy atom.